The molecule has 1 aromatic heterocycles. The molecule has 1 saturated carbocycles. The molecular formula is C11H17N3O. The number of nitrogens with two attached hydrogens (primary N) is 2. The molecule has 0 radical (unpaired) electrons. The molecule has 1 aromatic rings. The molecule has 15 heavy (non-hydrogen) atoms. The third kappa shape index (κ3) is 2.04. The molecule has 1 fully saturated rings. The number of pyridine rings is 1. The second-order valence-corrected chi connectivity index (χ2v) is 4.24. The number of nitrogen functional groups attached to an aromatic ring is 1. The van der Waals surface area contributed by atoms with Gasteiger partial charge in [0.15, 0.2) is 0 Å². The summed E-state index contributed by atoms with van der Waals surface area (Å²) in [4.78, 5) is 4.09. The molecule has 1 heterocycles. The van der Waals surface area contributed by atoms with E-state index in [0.717, 1.165) is 12.8 Å². The van der Waals surface area contributed by atoms with Crippen molar-refractivity contribution in [1.29, 1.82) is 0 Å². The lowest BCUT2D eigenvalue weighted by molar-refractivity contribution is 0.0648. The van der Waals surface area contributed by atoms with Gasteiger partial charge < -0.3 is 16.2 Å². The number of aromatic nitrogens is 1. The normalized spacial score (nSPS) is 18.2. The van der Waals surface area contributed by atoms with Crippen molar-refractivity contribution in [3.63, 3.8) is 0 Å². The molecule has 0 bridgehead atoms. The van der Waals surface area contributed by atoms with E-state index in [2.05, 4.69) is 4.98 Å². The van der Waals surface area contributed by atoms with E-state index in [4.69, 9.17) is 16.2 Å². The first-order valence-corrected chi connectivity index (χ1v) is 5.29. The highest BCUT2D eigenvalue weighted by atomic mass is 16.5. The minimum Gasteiger partial charge on any atom is -0.476 e. The Labute approximate surface area is 89.6 Å². The summed E-state index contributed by atoms with van der Waals surface area (Å²) in [7, 11) is 0. The fourth-order valence-electron chi connectivity index (χ4n) is 1.83. The van der Waals surface area contributed by atoms with Crippen LogP contribution in [0, 0.1) is 5.41 Å². The highest BCUT2D eigenvalue weighted by Gasteiger charge is 2.36. The van der Waals surface area contributed by atoms with Crippen LogP contribution in [0.4, 0.5) is 5.69 Å². The number of nitrogens with zero attached hydrogens (tertiary/aromatic N) is 1. The van der Waals surface area contributed by atoms with Gasteiger partial charge in [-0.1, -0.05) is 6.42 Å². The first-order valence-electron chi connectivity index (χ1n) is 5.29. The number of hydrogen-bond donors (Lipinski definition) is 2. The van der Waals surface area contributed by atoms with Crippen LogP contribution in [0.15, 0.2) is 18.3 Å². The van der Waals surface area contributed by atoms with Gasteiger partial charge in [0.1, 0.15) is 0 Å². The summed E-state index contributed by atoms with van der Waals surface area (Å²) in [6.45, 7) is 1.31. The van der Waals surface area contributed by atoms with Crippen LogP contribution in [0.25, 0.3) is 0 Å². The molecule has 2 rings (SSSR count). The van der Waals surface area contributed by atoms with Crippen LogP contribution in [0.1, 0.15) is 19.3 Å². The molecule has 1 aliphatic carbocycles. The summed E-state index contributed by atoms with van der Waals surface area (Å²) in [5.41, 5.74) is 12.2. The lowest BCUT2D eigenvalue weighted by Gasteiger charge is -2.40. The van der Waals surface area contributed by atoms with Gasteiger partial charge in [0.2, 0.25) is 5.88 Å². The van der Waals surface area contributed by atoms with E-state index in [-0.39, 0.29) is 5.41 Å². The van der Waals surface area contributed by atoms with Crippen molar-refractivity contribution in [2.45, 2.75) is 19.3 Å². The van der Waals surface area contributed by atoms with E-state index in [9.17, 15) is 0 Å². The van der Waals surface area contributed by atoms with Crippen molar-refractivity contribution in [3.8, 4) is 5.88 Å². The van der Waals surface area contributed by atoms with Crippen molar-refractivity contribution >= 4 is 5.69 Å². The zero-order valence-corrected chi connectivity index (χ0v) is 8.78. The lowest BCUT2D eigenvalue weighted by Crippen LogP contribution is -2.42. The summed E-state index contributed by atoms with van der Waals surface area (Å²) in [6, 6.07) is 3.59. The third-order valence-corrected chi connectivity index (χ3v) is 3.16. The van der Waals surface area contributed by atoms with Crippen molar-refractivity contribution in [1.82, 2.24) is 4.98 Å². The Hall–Kier alpha value is -1.29. The Balaban J connectivity index is 1.95. The average molecular weight is 207 g/mol. The fraction of sp³-hybridized carbons (Fsp3) is 0.545. The Kier molecular flexibility index (Phi) is 2.77. The Morgan fingerprint density at radius 2 is 2.27 bits per heavy atom. The van der Waals surface area contributed by atoms with Crippen LogP contribution in [0.5, 0.6) is 5.88 Å². The Bertz CT molecular complexity index is 331. The van der Waals surface area contributed by atoms with Crippen molar-refractivity contribution in [2.24, 2.45) is 11.1 Å². The lowest BCUT2D eigenvalue weighted by atomic mass is 9.69. The Morgan fingerprint density at radius 3 is 2.80 bits per heavy atom. The minimum atomic E-state index is 0.171. The van der Waals surface area contributed by atoms with Crippen molar-refractivity contribution < 1.29 is 4.74 Å². The monoisotopic (exact) mass is 207 g/mol. The molecule has 4 N–H and O–H groups in total. The van der Waals surface area contributed by atoms with Crippen LogP contribution in [-0.4, -0.2) is 18.1 Å². The first-order chi connectivity index (χ1) is 7.26. The van der Waals surface area contributed by atoms with Gasteiger partial charge in [-0.25, -0.2) is 4.98 Å². The highest BCUT2D eigenvalue weighted by Crippen LogP contribution is 2.40. The fourth-order valence-corrected chi connectivity index (χ4v) is 1.83. The zero-order chi connectivity index (χ0) is 10.7. The minimum absolute atomic E-state index is 0.171. The second-order valence-electron chi connectivity index (χ2n) is 4.24. The molecule has 0 saturated heterocycles. The molecule has 1 aliphatic rings. The number of hydrogen-bond acceptors (Lipinski definition) is 4. The second kappa shape index (κ2) is 4.06. The van der Waals surface area contributed by atoms with Gasteiger partial charge in [0, 0.05) is 18.2 Å². The Morgan fingerprint density at radius 1 is 1.47 bits per heavy atom. The van der Waals surface area contributed by atoms with E-state index < -0.39 is 0 Å². The predicted molar refractivity (Wildman–Crippen MR) is 59.5 cm³/mol. The zero-order valence-electron chi connectivity index (χ0n) is 8.78. The summed E-state index contributed by atoms with van der Waals surface area (Å²) in [5, 5.41) is 0. The number of rotatable bonds is 4. The number of ether oxygens (including phenoxy) is 1. The van der Waals surface area contributed by atoms with E-state index in [1.54, 1.807) is 18.3 Å². The summed E-state index contributed by atoms with van der Waals surface area (Å²) in [6.07, 6.45) is 5.23. The van der Waals surface area contributed by atoms with Crippen LogP contribution in [-0.2, 0) is 0 Å². The quantitative estimate of drug-likeness (QED) is 0.777. The van der Waals surface area contributed by atoms with Gasteiger partial charge in [0.25, 0.3) is 0 Å². The maximum Gasteiger partial charge on any atom is 0.237 e. The largest absolute Gasteiger partial charge is 0.476 e. The van der Waals surface area contributed by atoms with Crippen LogP contribution in [0.3, 0.4) is 0 Å². The van der Waals surface area contributed by atoms with Gasteiger partial charge in [-0.05, 0) is 25.0 Å². The smallest absolute Gasteiger partial charge is 0.237 e. The van der Waals surface area contributed by atoms with Gasteiger partial charge in [-0.2, -0.15) is 0 Å². The molecule has 4 nitrogen and oxygen atoms in total. The molecule has 82 valence electrons. The molecule has 0 atom stereocenters. The maximum absolute atomic E-state index is 5.74. The van der Waals surface area contributed by atoms with Gasteiger partial charge >= 0.3 is 0 Å². The molecule has 0 aliphatic heterocycles. The SMILES string of the molecule is NCC1(COc2ncccc2N)CCC1. The molecule has 0 amide bonds. The predicted octanol–water partition coefficient (Wildman–Crippen LogP) is 1.17. The van der Waals surface area contributed by atoms with Gasteiger partial charge in [-0.3, -0.25) is 0 Å². The van der Waals surface area contributed by atoms with E-state index >= 15 is 0 Å². The van der Waals surface area contributed by atoms with E-state index in [1.807, 2.05) is 0 Å². The molecule has 0 aromatic carbocycles. The first kappa shape index (κ1) is 10.2. The molecule has 0 unspecified atom stereocenters. The highest BCUT2D eigenvalue weighted by molar-refractivity contribution is 5.46. The summed E-state index contributed by atoms with van der Waals surface area (Å²) < 4.78 is 5.62. The standard InChI is InChI=1S/C11H17N3O/c12-7-11(4-2-5-11)8-15-10-9(13)3-1-6-14-10/h1,3,6H,2,4-5,7-8,12-13H2. The third-order valence-electron chi connectivity index (χ3n) is 3.16. The molecular weight excluding hydrogens is 190 g/mol. The van der Waals surface area contributed by atoms with E-state index in [1.165, 1.54) is 6.42 Å². The summed E-state index contributed by atoms with van der Waals surface area (Å²) in [5.74, 6) is 0.525. The number of anilines is 1. The van der Waals surface area contributed by atoms with Crippen LogP contribution >= 0.6 is 0 Å². The van der Waals surface area contributed by atoms with Crippen molar-refractivity contribution in [3.05, 3.63) is 18.3 Å². The molecule has 0 spiro atoms. The van der Waals surface area contributed by atoms with Gasteiger partial charge in [0.05, 0.1) is 12.3 Å². The van der Waals surface area contributed by atoms with Gasteiger partial charge in [-0.15, -0.1) is 0 Å². The average Bonchev–Trinajstić information content (AvgIpc) is 2.19. The van der Waals surface area contributed by atoms with E-state index in [0.29, 0.717) is 24.7 Å². The van der Waals surface area contributed by atoms with Crippen LogP contribution < -0.4 is 16.2 Å². The summed E-state index contributed by atoms with van der Waals surface area (Å²) >= 11 is 0. The van der Waals surface area contributed by atoms with Crippen molar-refractivity contribution in [2.75, 3.05) is 18.9 Å². The molecule has 4 heteroatoms. The topological polar surface area (TPSA) is 74.2 Å². The maximum atomic E-state index is 5.74. The van der Waals surface area contributed by atoms with Crippen LogP contribution in [0.2, 0.25) is 0 Å².